The third kappa shape index (κ3) is 3.65. The molecule has 4 nitrogen and oxygen atoms in total. The molecule has 2 aromatic carbocycles. The van der Waals surface area contributed by atoms with Gasteiger partial charge in [0.2, 0.25) is 0 Å². The van der Waals surface area contributed by atoms with Crippen LogP contribution in [0.3, 0.4) is 0 Å². The number of anilines is 1. The van der Waals surface area contributed by atoms with Crippen LogP contribution in [-0.2, 0) is 4.79 Å². The molecule has 4 rings (SSSR count). The molecule has 2 heterocycles. The Kier molecular flexibility index (Phi) is 5.14. The average Bonchev–Trinajstić information content (AvgIpc) is 3.10. The Hall–Kier alpha value is -3.08. The van der Waals surface area contributed by atoms with E-state index in [1.165, 1.54) is 0 Å². The van der Waals surface area contributed by atoms with Gasteiger partial charge in [-0.1, -0.05) is 65.2 Å². The number of hydrogen-bond donors (Lipinski definition) is 1. The van der Waals surface area contributed by atoms with Gasteiger partial charge in [-0.05, 0) is 42.8 Å². The van der Waals surface area contributed by atoms with E-state index in [1.54, 1.807) is 28.8 Å². The van der Waals surface area contributed by atoms with Gasteiger partial charge in [0.1, 0.15) is 5.69 Å². The quantitative estimate of drug-likeness (QED) is 0.321. The Morgan fingerprint density at radius 2 is 1.59 bits per heavy atom. The fourth-order valence-electron chi connectivity index (χ4n) is 3.20. The monoisotopic (exact) mass is 422 g/mol. The van der Waals surface area contributed by atoms with Gasteiger partial charge in [-0.25, -0.2) is 0 Å². The van der Waals surface area contributed by atoms with E-state index in [1.807, 2.05) is 55.5 Å². The molecule has 29 heavy (non-hydrogen) atoms. The summed E-state index contributed by atoms with van der Waals surface area (Å²) in [6.45, 7) is 1.99. The molecule has 0 saturated heterocycles. The van der Waals surface area contributed by atoms with Crippen molar-refractivity contribution in [1.29, 1.82) is 0 Å². The first kappa shape index (κ1) is 19.2. The smallest absolute Gasteiger partial charge is 0.298 e. The fourth-order valence-corrected chi connectivity index (χ4v) is 3.70. The molecule has 144 valence electrons. The van der Waals surface area contributed by atoms with Gasteiger partial charge in [0.05, 0.1) is 15.7 Å². The molecule has 0 spiro atoms. The van der Waals surface area contributed by atoms with Crippen LogP contribution in [0.4, 0.5) is 5.69 Å². The van der Waals surface area contributed by atoms with Crippen molar-refractivity contribution in [3.8, 4) is 11.1 Å². The molecule has 0 bridgehead atoms. The first-order valence-electron chi connectivity index (χ1n) is 8.92. The van der Waals surface area contributed by atoms with Crippen LogP contribution >= 0.6 is 23.2 Å². The SMILES string of the molecule is Cc1ccc(-c2cc3ccccn3c2C(=O)C(=O)Nc2c(Cl)cccc2Cl)cc1. The van der Waals surface area contributed by atoms with Gasteiger partial charge in [-0.3, -0.25) is 9.59 Å². The van der Waals surface area contributed by atoms with E-state index < -0.39 is 11.7 Å². The molecule has 1 amide bonds. The Bertz CT molecular complexity index is 1220. The average molecular weight is 423 g/mol. The first-order valence-corrected chi connectivity index (χ1v) is 9.68. The molecule has 0 unspecified atom stereocenters. The second-order valence-corrected chi connectivity index (χ2v) is 7.46. The van der Waals surface area contributed by atoms with Gasteiger partial charge in [0, 0.05) is 17.3 Å². The van der Waals surface area contributed by atoms with Crippen LogP contribution in [0, 0.1) is 6.92 Å². The van der Waals surface area contributed by atoms with Crippen molar-refractivity contribution >= 4 is 46.1 Å². The van der Waals surface area contributed by atoms with Gasteiger partial charge < -0.3 is 9.72 Å². The van der Waals surface area contributed by atoms with Crippen molar-refractivity contribution < 1.29 is 9.59 Å². The lowest BCUT2D eigenvalue weighted by atomic mass is 10.0. The maximum Gasteiger partial charge on any atom is 0.298 e. The predicted molar refractivity (Wildman–Crippen MR) is 117 cm³/mol. The normalized spacial score (nSPS) is 10.9. The number of pyridine rings is 1. The number of ketones is 1. The Morgan fingerprint density at radius 3 is 2.28 bits per heavy atom. The van der Waals surface area contributed by atoms with E-state index in [9.17, 15) is 9.59 Å². The standard InChI is InChI=1S/C23H16Cl2N2O2/c1-14-8-10-15(11-9-14)17-13-16-5-2-3-12-27(16)21(17)22(28)23(29)26-20-18(24)6-4-7-19(20)25/h2-13H,1H3,(H,26,29). The van der Waals surface area contributed by atoms with Gasteiger partial charge >= 0.3 is 0 Å². The number of aromatic nitrogens is 1. The highest BCUT2D eigenvalue weighted by molar-refractivity contribution is 6.49. The summed E-state index contributed by atoms with van der Waals surface area (Å²) in [6.07, 6.45) is 1.76. The van der Waals surface area contributed by atoms with Crippen molar-refractivity contribution in [3.63, 3.8) is 0 Å². The number of para-hydroxylation sites is 1. The van der Waals surface area contributed by atoms with Crippen LogP contribution in [0.5, 0.6) is 0 Å². The fraction of sp³-hybridized carbons (Fsp3) is 0.0435. The van der Waals surface area contributed by atoms with Crippen LogP contribution in [0.1, 0.15) is 16.1 Å². The number of amides is 1. The van der Waals surface area contributed by atoms with Crippen LogP contribution in [0.2, 0.25) is 10.0 Å². The van der Waals surface area contributed by atoms with Gasteiger partial charge in [-0.2, -0.15) is 0 Å². The van der Waals surface area contributed by atoms with Crippen LogP contribution in [0.15, 0.2) is 72.9 Å². The Balaban J connectivity index is 1.80. The molecule has 0 radical (unpaired) electrons. The number of rotatable bonds is 4. The molecule has 2 aromatic heterocycles. The highest BCUT2D eigenvalue weighted by atomic mass is 35.5. The highest BCUT2D eigenvalue weighted by Crippen LogP contribution is 2.31. The zero-order valence-corrected chi connectivity index (χ0v) is 17.0. The third-order valence-electron chi connectivity index (χ3n) is 4.66. The van der Waals surface area contributed by atoms with Crippen molar-refractivity contribution in [2.24, 2.45) is 0 Å². The molecule has 1 N–H and O–H groups in total. The van der Waals surface area contributed by atoms with E-state index >= 15 is 0 Å². The third-order valence-corrected chi connectivity index (χ3v) is 5.29. The van der Waals surface area contributed by atoms with E-state index in [-0.39, 0.29) is 21.4 Å². The molecule has 4 aromatic rings. The minimum Gasteiger partial charge on any atom is -0.316 e. The summed E-state index contributed by atoms with van der Waals surface area (Å²) >= 11 is 12.2. The van der Waals surface area contributed by atoms with Crippen molar-refractivity contribution in [2.75, 3.05) is 5.32 Å². The number of Topliss-reactive ketones (excluding diaryl/α,β-unsaturated/α-hetero) is 1. The zero-order valence-electron chi connectivity index (χ0n) is 15.4. The zero-order chi connectivity index (χ0) is 20.5. The number of hydrogen-bond acceptors (Lipinski definition) is 2. The number of fused-ring (bicyclic) bond motifs is 1. The van der Waals surface area contributed by atoms with Crippen molar-refractivity contribution in [3.05, 3.63) is 94.2 Å². The van der Waals surface area contributed by atoms with E-state index in [4.69, 9.17) is 23.2 Å². The lowest BCUT2D eigenvalue weighted by Crippen LogP contribution is -2.25. The number of aryl methyl sites for hydroxylation is 1. The number of carbonyl (C=O) groups is 2. The summed E-state index contributed by atoms with van der Waals surface area (Å²) in [6, 6.07) is 20.1. The minimum absolute atomic E-state index is 0.215. The molecule has 0 aliphatic heterocycles. The second kappa shape index (κ2) is 7.74. The van der Waals surface area contributed by atoms with E-state index in [2.05, 4.69) is 5.32 Å². The van der Waals surface area contributed by atoms with E-state index in [0.29, 0.717) is 5.56 Å². The molecular formula is C23H16Cl2N2O2. The number of nitrogens with one attached hydrogen (secondary N) is 1. The molecule has 0 aliphatic carbocycles. The summed E-state index contributed by atoms with van der Waals surface area (Å²) < 4.78 is 1.71. The van der Waals surface area contributed by atoms with Crippen LogP contribution < -0.4 is 5.32 Å². The Morgan fingerprint density at radius 1 is 0.897 bits per heavy atom. The van der Waals surface area contributed by atoms with Gasteiger partial charge in [0.25, 0.3) is 11.7 Å². The second-order valence-electron chi connectivity index (χ2n) is 6.65. The molecular weight excluding hydrogens is 407 g/mol. The lowest BCUT2D eigenvalue weighted by Gasteiger charge is -2.10. The Labute approximate surface area is 177 Å². The largest absolute Gasteiger partial charge is 0.316 e. The van der Waals surface area contributed by atoms with Crippen LogP contribution in [-0.4, -0.2) is 16.1 Å². The summed E-state index contributed by atoms with van der Waals surface area (Å²) in [4.78, 5) is 26.0. The van der Waals surface area contributed by atoms with Gasteiger partial charge in [0.15, 0.2) is 0 Å². The van der Waals surface area contributed by atoms with E-state index in [0.717, 1.165) is 16.6 Å². The maximum atomic E-state index is 13.2. The number of nitrogens with zero attached hydrogens (tertiary/aromatic N) is 1. The number of halogens is 2. The molecule has 6 heteroatoms. The molecule has 0 aliphatic rings. The first-order chi connectivity index (χ1) is 14.0. The topological polar surface area (TPSA) is 50.6 Å². The number of carbonyl (C=O) groups excluding carboxylic acids is 2. The molecule has 0 saturated carbocycles. The number of benzene rings is 2. The summed E-state index contributed by atoms with van der Waals surface area (Å²) in [5.74, 6) is -1.49. The van der Waals surface area contributed by atoms with Gasteiger partial charge in [-0.15, -0.1) is 0 Å². The highest BCUT2D eigenvalue weighted by Gasteiger charge is 2.25. The van der Waals surface area contributed by atoms with Crippen molar-refractivity contribution in [2.45, 2.75) is 6.92 Å². The summed E-state index contributed by atoms with van der Waals surface area (Å²) in [5, 5.41) is 3.08. The maximum absolute atomic E-state index is 13.2. The van der Waals surface area contributed by atoms with Crippen molar-refractivity contribution in [1.82, 2.24) is 4.40 Å². The minimum atomic E-state index is -0.808. The molecule has 0 atom stereocenters. The predicted octanol–water partition coefficient (Wildman–Crippen LogP) is 6.04. The lowest BCUT2D eigenvalue weighted by molar-refractivity contribution is -0.112. The van der Waals surface area contributed by atoms with Crippen LogP contribution in [0.25, 0.3) is 16.6 Å². The summed E-state index contributed by atoms with van der Waals surface area (Å²) in [7, 11) is 0. The summed E-state index contributed by atoms with van der Waals surface area (Å²) in [5.41, 5.74) is 3.95. The molecule has 0 fully saturated rings.